The monoisotopic (exact) mass is 209 g/mol. The van der Waals surface area contributed by atoms with E-state index in [1.54, 1.807) is 0 Å². The molecule has 0 unspecified atom stereocenters. The van der Waals surface area contributed by atoms with E-state index in [1.165, 1.54) is 5.56 Å². The van der Waals surface area contributed by atoms with Gasteiger partial charge in [0, 0.05) is 19.3 Å². The summed E-state index contributed by atoms with van der Waals surface area (Å²) in [6.07, 6.45) is 5.21. The van der Waals surface area contributed by atoms with Crippen LogP contribution in [0, 0.1) is 0 Å². The molecule has 0 aliphatic heterocycles. The summed E-state index contributed by atoms with van der Waals surface area (Å²) in [7, 11) is 1.96. The van der Waals surface area contributed by atoms with Gasteiger partial charge in [0.15, 0.2) is 0 Å². The molecule has 0 atom stereocenters. The highest BCUT2D eigenvalue weighted by Gasteiger charge is 2.21. The SMILES string of the molecule is CC(C)NCCC(C)(C)c1cnn(C)c1. The van der Waals surface area contributed by atoms with Crippen LogP contribution in [0.1, 0.15) is 39.7 Å². The first-order chi connectivity index (χ1) is 6.92. The molecule has 0 aromatic carbocycles. The van der Waals surface area contributed by atoms with Gasteiger partial charge in [0.05, 0.1) is 6.20 Å². The van der Waals surface area contributed by atoms with E-state index < -0.39 is 0 Å². The minimum Gasteiger partial charge on any atom is -0.315 e. The van der Waals surface area contributed by atoms with Gasteiger partial charge in [-0.15, -0.1) is 0 Å². The van der Waals surface area contributed by atoms with Crippen LogP contribution in [0.4, 0.5) is 0 Å². The largest absolute Gasteiger partial charge is 0.315 e. The Labute approximate surface area is 92.9 Å². The Hall–Kier alpha value is -0.830. The maximum absolute atomic E-state index is 4.22. The minimum atomic E-state index is 0.205. The average Bonchev–Trinajstić information content (AvgIpc) is 2.51. The smallest absolute Gasteiger partial charge is 0.0527 e. The first-order valence-electron chi connectivity index (χ1n) is 5.64. The predicted molar refractivity (Wildman–Crippen MR) is 64.0 cm³/mol. The molecule has 1 aromatic heterocycles. The van der Waals surface area contributed by atoms with Gasteiger partial charge in [-0.25, -0.2) is 0 Å². The summed E-state index contributed by atoms with van der Waals surface area (Å²) in [6, 6.07) is 0.565. The predicted octanol–water partition coefficient (Wildman–Crippen LogP) is 2.09. The fraction of sp³-hybridized carbons (Fsp3) is 0.750. The molecule has 0 fully saturated rings. The van der Waals surface area contributed by atoms with Crippen molar-refractivity contribution in [3.8, 4) is 0 Å². The Morgan fingerprint density at radius 3 is 2.60 bits per heavy atom. The second-order valence-electron chi connectivity index (χ2n) is 5.15. The first kappa shape index (κ1) is 12.2. The van der Waals surface area contributed by atoms with Crippen molar-refractivity contribution in [1.29, 1.82) is 0 Å². The molecule has 0 amide bonds. The van der Waals surface area contributed by atoms with Gasteiger partial charge < -0.3 is 5.32 Å². The molecular weight excluding hydrogens is 186 g/mol. The van der Waals surface area contributed by atoms with Gasteiger partial charge in [-0.2, -0.15) is 5.10 Å². The lowest BCUT2D eigenvalue weighted by molar-refractivity contribution is 0.441. The maximum atomic E-state index is 4.22. The zero-order valence-electron chi connectivity index (χ0n) is 10.5. The average molecular weight is 209 g/mol. The number of aryl methyl sites for hydroxylation is 1. The van der Waals surface area contributed by atoms with E-state index >= 15 is 0 Å². The summed E-state index contributed by atoms with van der Waals surface area (Å²) in [6.45, 7) is 9.95. The van der Waals surface area contributed by atoms with Crippen molar-refractivity contribution in [3.63, 3.8) is 0 Å². The molecule has 1 aromatic rings. The molecule has 1 rings (SSSR count). The third-order valence-electron chi connectivity index (χ3n) is 2.79. The van der Waals surface area contributed by atoms with E-state index in [4.69, 9.17) is 0 Å². The summed E-state index contributed by atoms with van der Waals surface area (Å²) in [5, 5.41) is 7.67. The molecule has 0 aliphatic rings. The highest BCUT2D eigenvalue weighted by atomic mass is 15.2. The summed E-state index contributed by atoms with van der Waals surface area (Å²) >= 11 is 0. The highest BCUT2D eigenvalue weighted by Crippen LogP contribution is 2.25. The van der Waals surface area contributed by atoms with Crippen molar-refractivity contribution >= 4 is 0 Å². The zero-order chi connectivity index (χ0) is 11.5. The van der Waals surface area contributed by atoms with E-state index in [-0.39, 0.29) is 5.41 Å². The van der Waals surface area contributed by atoms with E-state index in [9.17, 15) is 0 Å². The molecular formula is C12H23N3. The lowest BCUT2D eigenvalue weighted by Crippen LogP contribution is -2.29. The zero-order valence-corrected chi connectivity index (χ0v) is 10.5. The van der Waals surface area contributed by atoms with Gasteiger partial charge in [0.2, 0.25) is 0 Å². The molecule has 3 nitrogen and oxygen atoms in total. The van der Waals surface area contributed by atoms with Crippen LogP contribution >= 0.6 is 0 Å². The van der Waals surface area contributed by atoms with Gasteiger partial charge in [-0.1, -0.05) is 27.7 Å². The Morgan fingerprint density at radius 1 is 1.47 bits per heavy atom. The number of nitrogens with one attached hydrogen (secondary N) is 1. The van der Waals surface area contributed by atoms with E-state index in [2.05, 4.69) is 44.3 Å². The number of nitrogens with zero attached hydrogens (tertiary/aromatic N) is 2. The standard InChI is InChI=1S/C12H23N3/c1-10(2)13-7-6-12(3,4)11-8-14-15(5)9-11/h8-10,13H,6-7H2,1-5H3. The number of hydrogen-bond donors (Lipinski definition) is 1. The summed E-state index contributed by atoms with van der Waals surface area (Å²) < 4.78 is 1.87. The maximum Gasteiger partial charge on any atom is 0.0527 e. The summed E-state index contributed by atoms with van der Waals surface area (Å²) in [5.41, 5.74) is 1.52. The molecule has 0 bridgehead atoms. The third-order valence-corrected chi connectivity index (χ3v) is 2.79. The highest BCUT2D eigenvalue weighted by molar-refractivity contribution is 5.16. The van der Waals surface area contributed by atoms with Crippen molar-refractivity contribution in [2.24, 2.45) is 7.05 Å². The summed E-state index contributed by atoms with van der Waals surface area (Å²) in [5.74, 6) is 0. The molecule has 0 radical (unpaired) electrons. The fourth-order valence-electron chi connectivity index (χ4n) is 1.59. The molecule has 15 heavy (non-hydrogen) atoms. The van der Waals surface area contributed by atoms with E-state index in [0.29, 0.717) is 6.04 Å². The second-order valence-corrected chi connectivity index (χ2v) is 5.15. The molecule has 1 N–H and O–H groups in total. The Balaban J connectivity index is 2.51. The van der Waals surface area contributed by atoms with Crippen LogP contribution in [0.5, 0.6) is 0 Å². The third kappa shape index (κ3) is 3.67. The van der Waals surface area contributed by atoms with Crippen molar-refractivity contribution < 1.29 is 0 Å². The molecule has 0 aliphatic carbocycles. The number of aromatic nitrogens is 2. The lowest BCUT2D eigenvalue weighted by atomic mass is 9.83. The molecule has 0 saturated heterocycles. The number of rotatable bonds is 5. The van der Waals surface area contributed by atoms with Crippen molar-refractivity contribution in [2.75, 3.05) is 6.54 Å². The first-order valence-corrected chi connectivity index (χ1v) is 5.64. The Morgan fingerprint density at radius 2 is 2.13 bits per heavy atom. The fourth-order valence-corrected chi connectivity index (χ4v) is 1.59. The molecule has 0 saturated carbocycles. The van der Waals surface area contributed by atoms with Crippen LogP contribution in [-0.2, 0) is 12.5 Å². The molecule has 0 spiro atoms. The quantitative estimate of drug-likeness (QED) is 0.804. The second kappa shape index (κ2) is 4.79. The lowest BCUT2D eigenvalue weighted by Gasteiger charge is -2.24. The van der Waals surface area contributed by atoms with E-state index in [1.807, 2.05) is 17.9 Å². The van der Waals surface area contributed by atoms with Crippen molar-refractivity contribution in [2.45, 2.75) is 45.6 Å². The van der Waals surface area contributed by atoms with Crippen LogP contribution in [-0.4, -0.2) is 22.4 Å². The summed E-state index contributed by atoms with van der Waals surface area (Å²) in [4.78, 5) is 0. The van der Waals surface area contributed by atoms with Crippen LogP contribution in [0.3, 0.4) is 0 Å². The minimum absolute atomic E-state index is 0.205. The van der Waals surface area contributed by atoms with Crippen molar-refractivity contribution in [1.82, 2.24) is 15.1 Å². The topological polar surface area (TPSA) is 29.9 Å². The Kier molecular flexibility index (Phi) is 3.91. The van der Waals surface area contributed by atoms with Gasteiger partial charge in [-0.3, -0.25) is 4.68 Å². The normalized spacial score (nSPS) is 12.4. The van der Waals surface area contributed by atoms with Gasteiger partial charge in [-0.05, 0) is 23.9 Å². The van der Waals surface area contributed by atoms with E-state index in [0.717, 1.165) is 13.0 Å². The molecule has 3 heteroatoms. The van der Waals surface area contributed by atoms with Crippen LogP contribution in [0.15, 0.2) is 12.4 Å². The van der Waals surface area contributed by atoms with Crippen molar-refractivity contribution in [3.05, 3.63) is 18.0 Å². The molecule has 1 heterocycles. The van der Waals surface area contributed by atoms with Crippen LogP contribution < -0.4 is 5.32 Å². The van der Waals surface area contributed by atoms with Gasteiger partial charge in [0.1, 0.15) is 0 Å². The Bertz CT molecular complexity index is 300. The number of hydrogen-bond acceptors (Lipinski definition) is 2. The molecule has 86 valence electrons. The van der Waals surface area contributed by atoms with Crippen LogP contribution in [0.2, 0.25) is 0 Å². The van der Waals surface area contributed by atoms with Crippen LogP contribution in [0.25, 0.3) is 0 Å². The van der Waals surface area contributed by atoms with Gasteiger partial charge >= 0.3 is 0 Å². The van der Waals surface area contributed by atoms with Gasteiger partial charge in [0.25, 0.3) is 0 Å².